The first-order chi connectivity index (χ1) is 9.03. The smallest absolute Gasteiger partial charge is 0.133 e. The molecule has 0 bridgehead atoms. The summed E-state index contributed by atoms with van der Waals surface area (Å²) in [7, 11) is 1.74. The van der Waals surface area contributed by atoms with Crippen LogP contribution in [-0.2, 0) is 9.53 Å². The van der Waals surface area contributed by atoms with Crippen molar-refractivity contribution in [2.24, 2.45) is 16.4 Å². The summed E-state index contributed by atoms with van der Waals surface area (Å²) in [6.45, 7) is 6.23. The van der Waals surface area contributed by atoms with Gasteiger partial charge in [-0.2, -0.15) is 5.10 Å². The average Bonchev–Trinajstić information content (AvgIpc) is 2.79. The predicted molar refractivity (Wildman–Crippen MR) is 76.2 cm³/mol. The van der Waals surface area contributed by atoms with E-state index in [2.05, 4.69) is 24.0 Å². The Hall–Kier alpha value is -0.900. The van der Waals surface area contributed by atoms with Gasteiger partial charge in [0.25, 0.3) is 0 Å². The van der Waals surface area contributed by atoms with E-state index in [1.807, 2.05) is 6.21 Å². The third-order valence-electron chi connectivity index (χ3n) is 4.60. The molecule has 1 aliphatic heterocycles. The van der Waals surface area contributed by atoms with Gasteiger partial charge in [-0.25, -0.2) is 0 Å². The van der Waals surface area contributed by atoms with Gasteiger partial charge in [0.2, 0.25) is 0 Å². The van der Waals surface area contributed by atoms with Crippen LogP contribution in [0.1, 0.15) is 46.0 Å². The first kappa shape index (κ1) is 14.5. The summed E-state index contributed by atoms with van der Waals surface area (Å²) in [5.41, 5.74) is 0.188. The summed E-state index contributed by atoms with van der Waals surface area (Å²) in [5, 5.41) is 6.79. The van der Waals surface area contributed by atoms with Crippen molar-refractivity contribution in [1.82, 2.24) is 5.01 Å². The second-order valence-corrected chi connectivity index (χ2v) is 6.52. The number of carbonyl (C=O) groups excluding carboxylic acids is 1. The summed E-state index contributed by atoms with van der Waals surface area (Å²) in [6.07, 6.45) is 6.71. The van der Waals surface area contributed by atoms with Gasteiger partial charge in [0, 0.05) is 38.6 Å². The summed E-state index contributed by atoms with van der Waals surface area (Å²) >= 11 is 0. The number of methoxy groups -OCH3 is 1. The summed E-state index contributed by atoms with van der Waals surface area (Å²) in [6, 6.07) is 0.406. The van der Waals surface area contributed by atoms with E-state index in [-0.39, 0.29) is 11.3 Å². The lowest BCUT2D eigenvalue weighted by atomic mass is 9.69. The van der Waals surface area contributed by atoms with Gasteiger partial charge in [0.1, 0.15) is 5.78 Å². The van der Waals surface area contributed by atoms with Crippen LogP contribution in [0, 0.1) is 11.3 Å². The van der Waals surface area contributed by atoms with Crippen molar-refractivity contribution in [3.8, 4) is 0 Å². The van der Waals surface area contributed by atoms with Crippen molar-refractivity contribution in [2.45, 2.75) is 52.0 Å². The lowest BCUT2D eigenvalue weighted by molar-refractivity contribution is -0.123. The van der Waals surface area contributed by atoms with Crippen molar-refractivity contribution in [2.75, 3.05) is 20.3 Å². The Bertz CT molecular complexity index is 352. The number of ketones is 1. The number of hydrogen-bond acceptors (Lipinski definition) is 4. The van der Waals surface area contributed by atoms with Crippen molar-refractivity contribution in [1.29, 1.82) is 0 Å². The molecule has 2 atom stereocenters. The fourth-order valence-corrected chi connectivity index (χ4v) is 3.03. The normalized spacial score (nSPS) is 31.3. The molecule has 1 saturated heterocycles. The molecule has 0 aromatic carbocycles. The van der Waals surface area contributed by atoms with Crippen LogP contribution in [-0.4, -0.2) is 43.3 Å². The van der Waals surface area contributed by atoms with E-state index in [0.717, 1.165) is 32.4 Å². The zero-order valence-electron chi connectivity index (χ0n) is 12.4. The molecular formula is C15H26N2O2. The summed E-state index contributed by atoms with van der Waals surface area (Å²) in [4.78, 5) is 11.6. The van der Waals surface area contributed by atoms with Crippen LogP contribution >= 0.6 is 0 Å². The molecule has 0 radical (unpaired) electrons. The topological polar surface area (TPSA) is 41.9 Å². The first-order valence-electron chi connectivity index (χ1n) is 7.34. The SMILES string of the molecule is COC[C@@H]1CCCN1/N=C/[C@H]1CC(=O)CCC1(C)C. The van der Waals surface area contributed by atoms with Crippen molar-refractivity contribution < 1.29 is 9.53 Å². The van der Waals surface area contributed by atoms with Crippen molar-refractivity contribution in [3.05, 3.63) is 0 Å². The second-order valence-electron chi connectivity index (χ2n) is 6.52. The van der Waals surface area contributed by atoms with Gasteiger partial charge in [0.15, 0.2) is 0 Å². The first-order valence-corrected chi connectivity index (χ1v) is 7.34. The molecule has 0 N–H and O–H groups in total. The van der Waals surface area contributed by atoms with E-state index in [1.54, 1.807) is 7.11 Å². The second kappa shape index (κ2) is 6.04. The minimum Gasteiger partial charge on any atom is -0.382 e. The van der Waals surface area contributed by atoms with Gasteiger partial charge >= 0.3 is 0 Å². The third-order valence-corrected chi connectivity index (χ3v) is 4.60. The molecule has 19 heavy (non-hydrogen) atoms. The van der Waals surface area contributed by atoms with E-state index in [0.29, 0.717) is 18.2 Å². The van der Waals surface area contributed by atoms with Crippen molar-refractivity contribution >= 4 is 12.0 Å². The van der Waals surface area contributed by atoms with Crippen LogP contribution in [0.5, 0.6) is 0 Å². The summed E-state index contributed by atoms with van der Waals surface area (Å²) in [5.74, 6) is 0.656. The highest BCUT2D eigenvalue weighted by Gasteiger charge is 2.35. The Labute approximate surface area is 116 Å². The fourth-order valence-electron chi connectivity index (χ4n) is 3.03. The van der Waals surface area contributed by atoms with Crippen molar-refractivity contribution in [3.63, 3.8) is 0 Å². The Balaban J connectivity index is 1.98. The Kier molecular flexibility index (Phi) is 4.61. The maximum absolute atomic E-state index is 11.6. The van der Waals surface area contributed by atoms with E-state index >= 15 is 0 Å². The molecule has 1 saturated carbocycles. The number of rotatable bonds is 4. The lowest BCUT2D eigenvalue weighted by Crippen LogP contribution is -2.34. The molecular weight excluding hydrogens is 240 g/mol. The highest BCUT2D eigenvalue weighted by molar-refractivity contribution is 5.83. The highest BCUT2D eigenvalue weighted by Crippen LogP contribution is 2.38. The molecule has 1 aliphatic carbocycles. The maximum atomic E-state index is 11.6. The fraction of sp³-hybridized carbons (Fsp3) is 0.867. The Morgan fingerprint density at radius 3 is 3.05 bits per heavy atom. The van der Waals surface area contributed by atoms with Gasteiger partial charge in [-0.1, -0.05) is 13.8 Å². The van der Waals surface area contributed by atoms with E-state index in [4.69, 9.17) is 4.74 Å². The Morgan fingerprint density at radius 1 is 1.53 bits per heavy atom. The van der Waals surface area contributed by atoms with Crippen LogP contribution in [0.4, 0.5) is 0 Å². The van der Waals surface area contributed by atoms with Crippen LogP contribution in [0.2, 0.25) is 0 Å². The molecule has 2 rings (SSSR count). The minimum atomic E-state index is 0.188. The van der Waals surface area contributed by atoms with E-state index < -0.39 is 0 Å². The molecule has 0 aromatic heterocycles. The van der Waals surface area contributed by atoms with Gasteiger partial charge in [-0.15, -0.1) is 0 Å². The summed E-state index contributed by atoms with van der Waals surface area (Å²) < 4.78 is 5.24. The molecule has 4 heteroatoms. The zero-order valence-corrected chi connectivity index (χ0v) is 12.4. The third kappa shape index (κ3) is 3.56. The molecule has 0 unspecified atom stereocenters. The predicted octanol–water partition coefficient (Wildman–Crippen LogP) is 2.48. The van der Waals surface area contributed by atoms with Crippen LogP contribution < -0.4 is 0 Å². The molecule has 0 aromatic rings. The largest absolute Gasteiger partial charge is 0.382 e. The number of ether oxygens (including phenoxy) is 1. The average molecular weight is 266 g/mol. The van der Waals surface area contributed by atoms with Gasteiger partial charge in [-0.3, -0.25) is 9.80 Å². The number of hydrazone groups is 1. The zero-order chi connectivity index (χ0) is 13.9. The molecule has 1 heterocycles. The number of nitrogens with zero attached hydrogens (tertiary/aromatic N) is 2. The number of carbonyl (C=O) groups is 1. The molecule has 2 fully saturated rings. The standard InChI is InChI=1S/C15H26N2O2/c1-15(2)7-6-14(18)9-12(15)10-16-17-8-4-5-13(17)11-19-3/h10,12-13H,4-9,11H2,1-3H3/b16-10+/t12-,13+/m1/s1. The minimum absolute atomic E-state index is 0.188. The van der Waals surface area contributed by atoms with Crippen LogP contribution in [0.25, 0.3) is 0 Å². The maximum Gasteiger partial charge on any atom is 0.133 e. The van der Waals surface area contributed by atoms with Gasteiger partial charge in [0.05, 0.1) is 12.6 Å². The highest BCUT2D eigenvalue weighted by atomic mass is 16.5. The van der Waals surface area contributed by atoms with Crippen LogP contribution in [0.15, 0.2) is 5.10 Å². The quantitative estimate of drug-likeness (QED) is 0.734. The van der Waals surface area contributed by atoms with Gasteiger partial charge in [-0.05, 0) is 24.7 Å². The number of Topliss-reactive ketones (excluding diaryl/α,β-unsaturated/α-hetero) is 1. The molecule has 0 amide bonds. The molecule has 0 spiro atoms. The molecule has 108 valence electrons. The molecule has 4 nitrogen and oxygen atoms in total. The van der Waals surface area contributed by atoms with E-state index in [9.17, 15) is 4.79 Å². The Morgan fingerprint density at radius 2 is 2.32 bits per heavy atom. The monoisotopic (exact) mass is 266 g/mol. The van der Waals surface area contributed by atoms with Gasteiger partial charge < -0.3 is 4.74 Å². The number of hydrogen-bond donors (Lipinski definition) is 0. The lowest BCUT2D eigenvalue weighted by Gasteiger charge is -2.35. The molecule has 2 aliphatic rings. The van der Waals surface area contributed by atoms with Crippen LogP contribution in [0.3, 0.4) is 0 Å². The van der Waals surface area contributed by atoms with E-state index in [1.165, 1.54) is 6.42 Å².